The van der Waals surface area contributed by atoms with Crippen LogP contribution in [0.25, 0.3) is 0 Å². The Hall–Kier alpha value is -0.570. The van der Waals surface area contributed by atoms with Gasteiger partial charge in [0.15, 0.2) is 0 Å². The van der Waals surface area contributed by atoms with Gasteiger partial charge in [0.05, 0.1) is 25.2 Å². The molecule has 2 fully saturated rings. The van der Waals surface area contributed by atoms with Crippen LogP contribution in [-0.2, 0) is 14.3 Å². The van der Waals surface area contributed by atoms with E-state index in [1.54, 1.807) is 0 Å². The zero-order valence-corrected chi connectivity index (χ0v) is 5.92. The van der Waals surface area contributed by atoms with Crippen LogP contribution < -0.4 is 0 Å². The van der Waals surface area contributed by atoms with Gasteiger partial charge in [0, 0.05) is 0 Å². The molecule has 56 valence electrons. The van der Waals surface area contributed by atoms with Gasteiger partial charge in [-0.1, -0.05) is 0 Å². The second kappa shape index (κ2) is 1.72. The maximum absolute atomic E-state index is 11.1. The minimum Gasteiger partial charge on any atom is -0.469 e. The average Bonchev–Trinajstić information content (AvgIpc) is 2.74. The van der Waals surface area contributed by atoms with Crippen molar-refractivity contribution < 1.29 is 14.3 Å². The van der Waals surface area contributed by atoms with Crippen LogP contribution in [0.15, 0.2) is 0 Å². The SMILES string of the molecule is COC(=O)C1(C2CO2)CC1. The maximum Gasteiger partial charge on any atom is 0.314 e. The number of rotatable bonds is 2. The summed E-state index contributed by atoms with van der Waals surface area (Å²) < 4.78 is 9.72. The summed E-state index contributed by atoms with van der Waals surface area (Å²) in [6, 6.07) is 0. The molecule has 2 rings (SSSR count). The van der Waals surface area contributed by atoms with Crippen LogP contribution in [0.2, 0.25) is 0 Å². The smallest absolute Gasteiger partial charge is 0.314 e. The highest BCUT2D eigenvalue weighted by Crippen LogP contribution is 2.54. The molecular weight excluding hydrogens is 132 g/mol. The van der Waals surface area contributed by atoms with E-state index in [0.29, 0.717) is 0 Å². The second-order valence-electron chi connectivity index (χ2n) is 2.97. The van der Waals surface area contributed by atoms with Crippen LogP contribution in [0, 0.1) is 5.41 Å². The molecule has 2 aliphatic rings. The molecule has 1 unspecified atom stereocenters. The van der Waals surface area contributed by atoms with Gasteiger partial charge in [0.25, 0.3) is 0 Å². The van der Waals surface area contributed by atoms with E-state index in [-0.39, 0.29) is 17.5 Å². The summed E-state index contributed by atoms with van der Waals surface area (Å²) in [6.45, 7) is 0.745. The highest BCUT2D eigenvalue weighted by atomic mass is 16.6. The summed E-state index contributed by atoms with van der Waals surface area (Å²) >= 11 is 0. The third-order valence-corrected chi connectivity index (χ3v) is 2.33. The Kier molecular flexibility index (Phi) is 1.06. The van der Waals surface area contributed by atoms with Gasteiger partial charge in [-0.25, -0.2) is 0 Å². The third kappa shape index (κ3) is 0.669. The van der Waals surface area contributed by atoms with Crippen LogP contribution in [0.3, 0.4) is 0 Å². The molecule has 0 aromatic rings. The molecule has 1 atom stereocenters. The van der Waals surface area contributed by atoms with Crippen molar-refractivity contribution in [3.63, 3.8) is 0 Å². The van der Waals surface area contributed by atoms with Crippen LogP contribution in [-0.4, -0.2) is 25.8 Å². The van der Waals surface area contributed by atoms with Gasteiger partial charge in [-0.05, 0) is 12.8 Å². The fourth-order valence-corrected chi connectivity index (χ4v) is 1.36. The standard InChI is InChI=1S/C7H10O3/c1-9-6(8)7(2-3-7)5-4-10-5/h5H,2-4H2,1H3. The molecule has 1 aliphatic carbocycles. The van der Waals surface area contributed by atoms with Crippen molar-refractivity contribution in [3.8, 4) is 0 Å². The largest absolute Gasteiger partial charge is 0.469 e. The van der Waals surface area contributed by atoms with Crippen LogP contribution in [0.4, 0.5) is 0 Å². The quantitative estimate of drug-likeness (QED) is 0.412. The highest BCUT2D eigenvalue weighted by Gasteiger charge is 2.62. The number of hydrogen-bond donors (Lipinski definition) is 0. The summed E-state index contributed by atoms with van der Waals surface area (Å²) in [5.41, 5.74) is -0.214. The molecule has 0 aromatic heterocycles. The first-order valence-electron chi connectivity index (χ1n) is 3.49. The Labute approximate surface area is 59.3 Å². The Morgan fingerprint density at radius 3 is 2.60 bits per heavy atom. The molecule has 1 saturated heterocycles. The van der Waals surface area contributed by atoms with E-state index in [4.69, 9.17) is 4.74 Å². The Bertz CT molecular complexity index is 168. The predicted octanol–water partition coefficient (Wildman–Crippen LogP) is 0.338. The van der Waals surface area contributed by atoms with E-state index in [1.165, 1.54) is 7.11 Å². The van der Waals surface area contributed by atoms with E-state index in [1.807, 2.05) is 0 Å². The first kappa shape index (κ1) is 6.16. The summed E-state index contributed by atoms with van der Waals surface area (Å²) in [6.07, 6.45) is 2.08. The lowest BCUT2D eigenvalue weighted by Crippen LogP contribution is -2.23. The molecule has 1 heterocycles. The number of methoxy groups -OCH3 is 1. The number of epoxide rings is 1. The fraction of sp³-hybridized carbons (Fsp3) is 0.857. The number of esters is 1. The highest BCUT2D eigenvalue weighted by molar-refractivity contribution is 5.81. The van der Waals surface area contributed by atoms with Crippen molar-refractivity contribution in [2.24, 2.45) is 5.41 Å². The lowest BCUT2D eigenvalue weighted by molar-refractivity contribution is -0.147. The van der Waals surface area contributed by atoms with Gasteiger partial charge in [-0.2, -0.15) is 0 Å². The van der Waals surface area contributed by atoms with E-state index in [2.05, 4.69) is 4.74 Å². The number of carbonyl (C=O) groups excluding carboxylic acids is 1. The predicted molar refractivity (Wildman–Crippen MR) is 33.4 cm³/mol. The molecule has 10 heavy (non-hydrogen) atoms. The lowest BCUT2D eigenvalue weighted by Gasteiger charge is -2.06. The summed E-state index contributed by atoms with van der Waals surface area (Å²) in [4.78, 5) is 11.1. The van der Waals surface area contributed by atoms with Crippen molar-refractivity contribution >= 4 is 5.97 Å². The van der Waals surface area contributed by atoms with Gasteiger partial charge in [0.1, 0.15) is 0 Å². The zero-order chi connectivity index (χ0) is 7.19. The molecule has 0 bridgehead atoms. The van der Waals surface area contributed by atoms with Crippen molar-refractivity contribution in [1.82, 2.24) is 0 Å². The molecule has 3 nitrogen and oxygen atoms in total. The van der Waals surface area contributed by atoms with Crippen LogP contribution >= 0.6 is 0 Å². The molecule has 0 aromatic carbocycles. The molecule has 3 heteroatoms. The number of ether oxygens (including phenoxy) is 2. The average molecular weight is 142 g/mol. The molecular formula is C7H10O3. The molecule has 0 spiro atoms. The lowest BCUT2D eigenvalue weighted by atomic mass is 10.0. The van der Waals surface area contributed by atoms with Gasteiger partial charge in [-0.15, -0.1) is 0 Å². The Morgan fingerprint density at radius 2 is 2.30 bits per heavy atom. The molecule has 1 aliphatic heterocycles. The summed E-state index contributed by atoms with van der Waals surface area (Å²) in [5, 5.41) is 0. The molecule has 0 amide bonds. The second-order valence-corrected chi connectivity index (χ2v) is 2.97. The van der Waals surface area contributed by atoms with Gasteiger partial charge in [-0.3, -0.25) is 4.79 Å². The van der Waals surface area contributed by atoms with Crippen molar-refractivity contribution in [1.29, 1.82) is 0 Å². The van der Waals surface area contributed by atoms with Crippen molar-refractivity contribution in [2.75, 3.05) is 13.7 Å². The Balaban J connectivity index is 2.06. The van der Waals surface area contributed by atoms with Gasteiger partial charge in [0.2, 0.25) is 0 Å². The molecule has 0 radical (unpaired) electrons. The van der Waals surface area contributed by atoms with E-state index in [0.717, 1.165) is 19.4 Å². The fourth-order valence-electron chi connectivity index (χ4n) is 1.36. The van der Waals surface area contributed by atoms with E-state index >= 15 is 0 Å². The first-order chi connectivity index (χ1) is 4.79. The third-order valence-electron chi connectivity index (χ3n) is 2.33. The number of carbonyl (C=O) groups is 1. The first-order valence-corrected chi connectivity index (χ1v) is 3.49. The zero-order valence-electron chi connectivity index (χ0n) is 5.92. The monoisotopic (exact) mass is 142 g/mol. The molecule has 1 saturated carbocycles. The van der Waals surface area contributed by atoms with Gasteiger partial charge >= 0.3 is 5.97 Å². The van der Waals surface area contributed by atoms with E-state index in [9.17, 15) is 4.79 Å². The maximum atomic E-state index is 11.1. The van der Waals surface area contributed by atoms with Crippen LogP contribution in [0.5, 0.6) is 0 Å². The number of hydrogen-bond acceptors (Lipinski definition) is 3. The summed E-state index contributed by atoms with van der Waals surface area (Å²) in [5.74, 6) is -0.0880. The van der Waals surface area contributed by atoms with Crippen molar-refractivity contribution in [2.45, 2.75) is 18.9 Å². The normalized spacial score (nSPS) is 33.1. The van der Waals surface area contributed by atoms with E-state index < -0.39 is 0 Å². The summed E-state index contributed by atoms with van der Waals surface area (Å²) in [7, 11) is 1.44. The minimum atomic E-state index is -0.214. The minimum absolute atomic E-state index is 0.0880. The topological polar surface area (TPSA) is 38.8 Å². The van der Waals surface area contributed by atoms with Gasteiger partial charge < -0.3 is 9.47 Å². The molecule has 0 N–H and O–H groups in total. The Morgan fingerprint density at radius 1 is 1.70 bits per heavy atom. The van der Waals surface area contributed by atoms with Crippen LogP contribution in [0.1, 0.15) is 12.8 Å². The van der Waals surface area contributed by atoms with Crippen molar-refractivity contribution in [3.05, 3.63) is 0 Å².